The molecule has 3 heterocycles. The van der Waals surface area contributed by atoms with Gasteiger partial charge in [-0.1, -0.05) is 0 Å². The third kappa shape index (κ3) is 5.95. The summed E-state index contributed by atoms with van der Waals surface area (Å²) in [6, 6.07) is 8.13. The number of alkyl halides is 3. The summed E-state index contributed by atoms with van der Waals surface area (Å²) in [6.07, 6.45) is -3.60. The topological polar surface area (TPSA) is 97.4 Å². The second-order valence-electron chi connectivity index (χ2n) is 9.66. The maximum Gasteiger partial charge on any atom is 0.416 e. The van der Waals surface area contributed by atoms with Gasteiger partial charge in [0.1, 0.15) is 6.04 Å². The molecule has 5 rings (SSSR count). The number of halogens is 3. The highest BCUT2D eigenvalue weighted by atomic mass is 19.4. The van der Waals surface area contributed by atoms with Crippen molar-refractivity contribution < 1.29 is 41.8 Å². The van der Waals surface area contributed by atoms with Crippen molar-refractivity contribution >= 4 is 17.7 Å². The molecular weight excluding hydrogens is 519 g/mol. The summed E-state index contributed by atoms with van der Waals surface area (Å²) in [4.78, 5) is 42.9. The summed E-state index contributed by atoms with van der Waals surface area (Å²) in [5.74, 6) is -0.257. The van der Waals surface area contributed by atoms with Gasteiger partial charge in [-0.15, -0.1) is 0 Å². The maximum absolute atomic E-state index is 13.5. The summed E-state index contributed by atoms with van der Waals surface area (Å²) < 4.78 is 54.7. The molecule has 0 aromatic heterocycles. The van der Waals surface area contributed by atoms with E-state index in [1.165, 1.54) is 12.1 Å². The minimum atomic E-state index is -4.48. The van der Waals surface area contributed by atoms with Gasteiger partial charge >= 0.3 is 6.18 Å². The lowest BCUT2D eigenvalue weighted by molar-refractivity contribution is -0.139. The van der Waals surface area contributed by atoms with Gasteiger partial charge in [0, 0.05) is 37.3 Å². The lowest BCUT2D eigenvalue weighted by Crippen LogP contribution is -2.56. The molecule has 208 valence electrons. The molecule has 3 aliphatic rings. The Morgan fingerprint density at radius 1 is 0.846 bits per heavy atom. The molecule has 12 heteroatoms. The van der Waals surface area contributed by atoms with Crippen molar-refractivity contribution in [2.75, 3.05) is 46.2 Å². The number of fused-ring (bicyclic) bond motifs is 1. The van der Waals surface area contributed by atoms with Crippen LogP contribution < -0.4 is 14.8 Å². The lowest BCUT2D eigenvalue weighted by atomic mass is 9.87. The summed E-state index contributed by atoms with van der Waals surface area (Å²) in [6.45, 7) is 2.33. The number of ether oxygens (including phenoxy) is 3. The smallest absolute Gasteiger partial charge is 0.416 e. The maximum atomic E-state index is 13.5. The minimum Gasteiger partial charge on any atom is -0.454 e. The average molecular weight is 548 g/mol. The number of hydrogen-bond acceptors (Lipinski definition) is 6. The molecule has 2 aromatic rings. The number of benzene rings is 2. The molecule has 2 saturated heterocycles. The Morgan fingerprint density at radius 2 is 1.49 bits per heavy atom. The van der Waals surface area contributed by atoms with Crippen LogP contribution in [0.4, 0.5) is 13.2 Å². The number of nitrogens with zero attached hydrogens (tertiary/aromatic N) is 2. The Bertz CT molecular complexity index is 1220. The van der Waals surface area contributed by atoms with Crippen molar-refractivity contribution in [3.8, 4) is 11.5 Å². The van der Waals surface area contributed by atoms with Gasteiger partial charge in [-0.2, -0.15) is 13.2 Å². The molecule has 1 N–H and O–H groups in total. The first-order valence-corrected chi connectivity index (χ1v) is 12.7. The Morgan fingerprint density at radius 3 is 2.15 bits per heavy atom. The summed E-state index contributed by atoms with van der Waals surface area (Å²) in [7, 11) is 0. The van der Waals surface area contributed by atoms with Gasteiger partial charge in [-0.3, -0.25) is 14.4 Å². The van der Waals surface area contributed by atoms with Gasteiger partial charge in [0.15, 0.2) is 11.5 Å². The standard InChI is InChI=1S/C27H28F3N3O6/c28-27(29,30)20-4-1-18(2-5-20)25(35)32-9-7-17(8-10-32)23(26(36)33-11-13-37-14-12-33)31-24(34)19-3-6-21-22(15-19)39-16-38-21/h1-6,15,17,23H,7-14,16H2,(H,31,34)/t23-/m0/s1. The fourth-order valence-corrected chi connectivity index (χ4v) is 5.04. The number of amides is 3. The van der Waals surface area contributed by atoms with E-state index >= 15 is 0 Å². The predicted molar refractivity (Wildman–Crippen MR) is 131 cm³/mol. The third-order valence-electron chi connectivity index (χ3n) is 7.27. The zero-order valence-corrected chi connectivity index (χ0v) is 21.0. The van der Waals surface area contributed by atoms with Crippen LogP contribution in [0.3, 0.4) is 0 Å². The van der Waals surface area contributed by atoms with Crippen molar-refractivity contribution in [3.05, 3.63) is 59.2 Å². The van der Waals surface area contributed by atoms with E-state index in [0.29, 0.717) is 69.3 Å². The van der Waals surface area contributed by atoms with Crippen molar-refractivity contribution in [2.24, 2.45) is 5.92 Å². The second kappa shape index (κ2) is 11.1. The largest absolute Gasteiger partial charge is 0.454 e. The van der Waals surface area contributed by atoms with Crippen LogP contribution in [-0.4, -0.2) is 79.7 Å². The molecule has 0 unspecified atom stereocenters. The zero-order valence-electron chi connectivity index (χ0n) is 21.0. The van der Waals surface area contributed by atoms with Gasteiger partial charge in [-0.25, -0.2) is 0 Å². The average Bonchev–Trinajstić information content (AvgIpc) is 3.43. The van der Waals surface area contributed by atoms with E-state index < -0.39 is 23.7 Å². The highest BCUT2D eigenvalue weighted by molar-refractivity contribution is 5.98. The molecule has 0 radical (unpaired) electrons. The first-order valence-electron chi connectivity index (χ1n) is 12.7. The van der Waals surface area contributed by atoms with Crippen LogP contribution in [0.25, 0.3) is 0 Å². The van der Waals surface area contributed by atoms with Crippen LogP contribution in [0.1, 0.15) is 39.1 Å². The molecule has 3 amide bonds. The van der Waals surface area contributed by atoms with Gasteiger partial charge in [0.05, 0.1) is 18.8 Å². The lowest BCUT2D eigenvalue weighted by Gasteiger charge is -2.38. The van der Waals surface area contributed by atoms with Crippen LogP contribution in [0.15, 0.2) is 42.5 Å². The molecule has 0 aliphatic carbocycles. The zero-order chi connectivity index (χ0) is 27.6. The fraction of sp³-hybridized carbons (Fsp3) is 0.444. The van der Waals surface area contributed by atoms with Crippen LogP contribution >= 0.6 is 0 Å². The molecular formula is C27H28F3N3O6. The first kappa shape index (κ1) is 26.8. The number of hydrogen-bond donors (Lipinski definition) is 1. The third-order valence-corrected chi connectivity index (χ3v) is 7.27. The Labute approximate surface area is 222 Å². The fourth-order valence-electron chi connectivity index (χ4n) is 5.04. The van der Waals surface area contributed by atoms with E-state index in [1.54, 1.807) is 28.0 Å². The van der Waals surface area contributed by atoms with Crippen LogP contribution in [-0.2, 0) is 15.7 Å². The van der Waals surface area contributed by atoms with Gasteiger partial charge in [0.25, 0.3) is 11.8 Å². The minimum absolute atomic E-state index is 0.0717. The van der Waals surface area contributed by atoms with E-state index in [9.17, 15) is 27.6 Å². The van der Waals surface area contributed by atoms with Crippen LogP contribution in [0, 0.1) is 5.92 Å². The summed E-state index contributed by atoms with van der Waals surface area (Å²) >= 11 is 0. The molecule has 2 aromatic carbocycles. The molecule has 0 bridgehead atoms. The monoisotopic (exact) mass is 547 g/mol. The first-order chi connectivity index (χ1) is 18.7. The number of piperidine rings is 1. The van der Waals surface area contributed by atoms with E-state index in [-0.39, 0.29) is 30.1 Å². The quantitative estimate of drug-likeness (QED) is 0.619. The van der Waals surface area contributed by atoms with Crippen molar-refractivity contribution in [1.29, 1.82) is 0 Å². The number of nitrogens with one attached hydrogen (secondary N) is 1. The molecule has 9 nitrogen and oxygen atoms in total. The molecule has 39 heavy (non-hydrogen) atoms. The molecule has 2 fully saturated rings. The number of likely N-dealkylation sites (tertiary alicyclic amines) is 1. The highest BCUT2D eigenvalue weighted by Gasteiger charge is 2.37. The van der Waals surface area contributed by atoms with Crippen molar-refractivity contribution in [2.45, 2.75) is 25.1 Å². The number of rotatable bonds is 5. The summed E-state index contributed by atoms with van der Waals surface area (Å²) in [5.41, 5.74) is -0.326. The van der Waals surface area contributed by atoms with Gasteiger partial charge in [-0.05, 0) is 61.2 Å². The van der Waals surface area contributed by atoms with Gasteiger partial charge in [0.2, 0.25) is 12.7 Å². The normalized spacial score (nSPS) is 18.5. The number of morpholine rings is 1. The van der Waals surface area contributed by atoms with Crippen molar-refractivity contribution in [1.82, 2.24) is 15.1 Å². The van der Waals surface area contributed by atoms with Gasteiger partial charge < -0.3 is 29.3 Å². The SMILES string of the molecule is O=C(N[C@H](C(=O)N1CCOCC1)C1CCN(C(=O)c2ccc(C(F)(F)F)cc2)CC1)c1ccc2c(c1)OCO2. The Balaban J connectivity index is 1.27. The number of carbonyl (C=O) groups is 3. The molecule has 0 saturated carbocycles. The second-order valence-corrected chi connectivity index (χ2v) is 9.66. The van der Waals surface area contributed by atoms with Crippen LogP contribution in [0.5, 0.6) is 11.5 Å². The van der Waals surface area contributed by atoms with E-state index in [0.717, 1.165) is 12.1 Å². The Kier molecular flexibility index (Phi) is 7.65. The van der Waals surface area contributed by atoms with E-state index in [2.05, 4.69) is 5.32 Å². The molecule has 1 atom stereocenters. The highest BCUT2D eigenvalue weighted by Crippen LogP contribution is 2.33. The Hall–Kier alpha value is -3.80. The van der Waals surface area contributed by atoms with E-state index in [4.69, 9.17) is 14.2 Å². The predicted octanol–water partition coefficient (Wildman–Crippen LogP) is 2.94. The van der Waals surface area contributed by atoms with E-state index in [1.807, 2.05) is 0 Å². The van der Waals surface area contributed by atoms with Crippen molar-refractivity contribution in [3.63, 3.8) is 0 Å². The molecule has 0 spiro atoms. The number of carbonyl (C=O) groups excluding carboxylic acids is 3. The van der Waals surface area contributed by atoms with Crippen LogP contribution in [0.2, 0.25) is 0 Å². The molecule has 3 aliphatic heterocycles. The summed E-state index contributed by atoms with van der Waals surface area (Å²) in [5, 5.41) is 2.91.